The first kappa shape index (κ1) is 65.0. The fraction of sp³-hybridized carbons (Fsp3) is 0.263. The highest BCUT2D eigenvalue weighted by Crippen LogP contribution is 2.43. The molecule has 1 amide bonds. The Morgan fingerprint density at radius 3 is 1.54 bits per heavy atom. The van der Waals surface area contributed by atoms with E-state index in [1.807, 2.05) is 146 Å². The number of amides is 1. The van der Waals surface area contributed by atoms with Crippen molar-refractivity contribution in [3.05, 3.63) is 282 Å². The third-order valence-electron chi connectivity index (χ3n) is 16.5. The molecule has 0 spiro atoms. The Bertz CT molecular complexity index is 3830. The van der Waals surface area contributed by atoms with Crippen LogP contribution in [0.15, 0.2) is 254 Å². The van der Waals surface area contributed by atoms with Gasteiger partial charge in [-0.1, -0.05) is 232 Å². The second-order valence-electron chi connectivity index (χ2n) is 24.0. The van der Waals surface area contributed by atoms with E-state index >= 15 is 0 Å². The first-order chi connectivity index (χ1) is 44.7. The van der Waals surface area contributed by atoms with Crippen LogP contribution in [-0.4, -0.2) is 106 Å². The summed E-state index contributed by atoms with van der Waals surface area (Å²) in [5.74, 6) is -2.57. The summed E-state index contributed by atoms with van der Waals surface area (Å²) >= 11 is 1.36. The zero-order valence-electron chi connectivity index (χ0n) is 52.0. The molecule has 2 fully saturated rings. The van der Waals surface area contributed by atoms with Crippen LogP contribution in [0.3, 0.4) is 0 Å². The number of thioether (sulfide) groups is 1. The Hall–Kier alpha value is -8.55. The van der Waals surface area contributed by atoms with E-state index < -0.39 is 104 Å². The summed E-state index contributed by atoms with van der Waals surface area (Å²) in [6.45, 7) is 9.33. The molecule has 0 saturated carbocycles. The highest BCUT2D eigenvalue weighted by atomic mass is 32.2. The predicted octanol–water partition coefficient (Wildman–Crippen LogP) is 12.6. The van der Waals surface area contributed by atoms with Crippen molar-refractivity contribution in [1.82, 2.24) is 5.32 Å². The van der Waals surface area contributed by atoms with Crippen LogP contribution in [-0.2, 0) is 60.3 Å². The lowest BCUT2D eigenvalue weighted by molar-refractivity contribution is -0.324. The van der Waals surface area contributed by atoms with E-state index in [0.29, 0.717) is 0 Å². The number of esters is 3. The standard InChI is InChI=1S/C76H75NO13SSi/c1-51-40-44-60(45-41-51)91-75-70(89-73(81)58-33-18-9-19-34-58)69(83-47-53-26-12-6-13-27-53)67(64(87-75)50-85-92(76(3,4)5,61-36-20-10-21-37-61)62-38-22-11-23-39-62)90-74-65(77-52(2)78)68(88-72(80)57-31-16-8-17-32-57)66(63(86-74)49-84-71(79)56-29-14-7-15-30-56)82-48-54-42-43-55-28-24-25-35-59(55)46-54/h6-46,63-70,74-75H,47-50H2,1-5H3,(H,77,78)/t63-,64-,65-,66-,67-,68-,69+,70-,74-,75+/m1/s1. The number of fused-ring (bicyclic) bond motifs is 1. The summed E-state index contributed by atoms with van der Waals surface area (Å²) in [5, 5.41) is 6.57. The van der Waals surface area contributed by atoms with Gasteiger partial charge in [-0.15, -0.1) is 0 Å². The Morgan fingerprint density at radius 1 is 0.489 bits per heavy atom. The zero-order chi connectivity index (χ0) is 64.0. The van der Waals surface area contributed by atoms with Crippen LogP contribution < -0.4 is 15.7 Å². The van der Waals surface area contributed by atoms with E-state index in [1.54, 1.807) is 84.9 Å². The molecule has 472 valence electrons. The maximum Gasteiger partial charge on any atom is 0.338 e. The zero-order valence-corrected chi connectivity index (χ0v) is 53.8. The average molecular weight is 1270 g/mol. The van der Waals surface area contributed by atoms with E-state index in [1.165, 1.54) is 18.7 Å². The van der Waals surface area contributed by atoms with Crippen LogP contribution in [0.5, 0.6) is 0 Å². The van der Waals surface area contributed by atoms with Crippen LogP contribution >= 0.6 is 11.8 Å². The summed E-state index contributed by atoms with van der Waals surface area (Å²) in [5.41, 5.74) is 2.44. The lowest BCUT2D eigenvalue weighted by atomic mass is 9.94. The van der Waals surface area contributed by atoms with Crippen LogP contribution in [0.1, 0.15) is 75.5 Å². The van der Waals surface area contributed by atoms with Crippen molar-refractivity contribution in [3.63, 3.8) is 0 Å². The first-order valence-corrected chi connectivity index (χ1v) is 33.7. The van der Waals surface area contributed by atoms with Crippen LogP contribution in [0.2, 0.25) is 5.04 Å². The summed E-state index contributed by atoms with van der Waals surface area (Å²) in [6, 6.07) is 76.3. The monoisotopic (exact) mass is 1270 g/mol. The largest absolute Gasteiger partial charge is 0.459 e. The molecule has 9 aromatic carbocycles. The van der Waals surface area contributed by atoms with E-state index in [4.69, 9.17) is 42.3 Å². The number of hydrogen-bond acceptors (Lipinski definition) is 14. The fourth-order valence-corrected chi connectivity index (χ4v) is 17.7. The number of carbonyl (C=O) groups excluding carboxylic acids is 4. The Morgan fingerprint density at radius 2 is 0.978 bits per heavy atom. The molecule has 11 rings (SSSR count). The number of rotatable bonds is 23. The number of benzene rings is 9. The first-order valence-electron chi connectivity index (χ1n) is 30.9. The number of carbonyl (C=O) groups is 4. The van der Waals surface area contributed by atoms with Gasteiger partial charge in [-0.2, -0.15) is 0 Å². The van der Waals surface area contributed by atoms with Crippen LogP contribution in [0.4, 0.5) is 0 Å². The molecule has 1 N–H and O–H groups in total. The van der Waals surface area contributed by atoms with Gasteiger partial charge in [0.2, 0.25) is 5.91 Å². The number of aryl methyl sites for hydroxylation is 1. The van der Waals surface area contributed by atoms with Gasteiger partial charge >= 0.3 is 17.9 Å². The van der Waals surface area contributed by atoms with E-state index in [0.717, 1.165) is 42.7 Å². The molecule has 0 unspecified atom stereocenters. The third kappa shape index (κ3) is 15.7. The summed E-state index contributed by atoms with van der Waals surface area (Å²) in [4.78, 5) is 58.5. The lowest BCUT2D eigenvalue weighted by Crippen LogP contribution is -2.70. The van der Waals surface area contributed by atoms with Crippen molar-refractivity contribution in [1.29, 1.82) is 0 Å². The minimum atomic E-state index is -3.40. The number of hydrogen-bond donors (Lipinski definition) is 1. The van der Waals surface area contributed by atoms with Gasteiger partial charge in [-0.05, 0) is 98.8 Å². The topological polar surface area (TPSA) is 163 Å². The van der Waals surface area contributed by atoms with Crippen molar-refractivity contribution in [2.24, 2.45) is 0 Å². The molecule has 0 bridgehead atoms. The highest BCUT2D eigenvalue weighted by molar-refractivity contribution is 7.99. The number of nitrogens with one attached hydrogen (secondary N) is 1. The van der Waals surface area contributed by atoms with Crippen molar-refractivity contribution in [2.75, 3.05) is 13.2 Å². The molecule has 9 aromatic rings. The molecular formula is C76H75NO13SSi. The number of ether oxygens (including phenoxy) is 8. The smallest absolute Gasteiger partial charge is 0.338 e. The van der Waals surface area contributed by atoms with E-state index in [2.05, 4.69) is 50.4 Å². The van der Waals surface area contributed by atoms with Gasteiger partial charge in [0.1, 0.15) is 48.6 Å². The average Bonchev–Trinajstić information content (AvgIpc) is 0.790. The Balaban J connectivity index is 1.08. The van der Waals surface area contributed by atoms with Gasteiger partial charge in [0.15, 0.2) is 18.5 Å². The van der Waals surface area contributed by atoms with Crippen molar-refractivity contribution in [2.45, 2.75) is 118 Å². The van der Waals surface area contributed by atoms with Crippen LogP contribution in [0.25, 0.3) is 10.8 Å². The Kier molecular flexibility index (Phi) is 21.4. The van der Waals surface area contributed by atoms with Crippen molar-refractivity contribution < 1.29 is 61.5 Å². The van der Waals surface area contributed by atoms with Gasteiger partial charge < -0.3 is 47.6 Å². The third-order valence-corrected chi connectivity index (χ3v) is 22.6. The molecular weight excluding hydrogens is 1190 g/mol. The molecule has 2 aliphatic heterocycles. The minimum Gasteiger partial charge on any atom is -0.459 e. The lowest BCUT2D eigenvalue weighted by Gasteiger charge is -2.51. The van der Waals surface area contributed by atoms with E-state index in [-0.39, 0.29) is 36.5 Å². The van der Waals surface area contributed by atoms with Crippen molar-refractivity contribution >= 4 is 65.0 Å². The molecule has 2 heterocycles. The molecule has 2 aliphatic rings. The van der Waals surface area contributed by atoms with Gasteiger partial charge in [0.05, 0.1) is 36.5 Å². The second kappa shape index (κ2) is 30.3. The SMILES string of the molecule is CC(=O)N[C@H]1[C@@H](O[C@H]2[C@H](OCc3ccccc3)[C@@H](OC(=O)c3ccccc3)[C@H](Sc3ccc(C)cc3)O[C@@H]2CO[Si](c2ccccc2)(c2ccccc2)C(C)(C)C)O[C@H](COC(=O)c2ccccc2)[C@@H](OCc2ccc3ccccc3c2)[C@@H]1OC(=O)c1ccccc1. The quantitative estimate of drug-likeness (QED) is 0.0365. The molecule has 0 radical (unpaired) electrons. The normalized spacial score (nSPS) is 21.6. The van der Waals surface area contributed by atoms with Gasteiger partial charge in [0, 0.05) is 11.8 Å². The van der Waals surface area contributed by atoms with Crippen LogP contribution in [0, 0.1) is 6.92 Å². The highest BCUT2D eigenvalue weighted by Gasteiger charge is 2.58. The van der Waals surface area contributed by atoms with Crippen molar-refractivity contribution in [3.8, 4) is 0 Å². The molecule has 10 atom stereocenters. The summed E-state index contributed by atoms with van der Waals surface area (Å²) in [7, 11) is -3.40. The fourth-order valence-electron chi connectivity index (χ4n) is 12.0. The molecule has 2 saturated heterocycles. The molecule has 0 aliphatic carbocycles. The summed E-state index contributed by atoms with van der Waals surface area (Å²) in [6.07, 6.45) is -10.4. The van der Waals surface area contributed by atoms with E-state index in [9.17, 15) is 19.2 Å². The Labute approximate surface area is 542 Å². The second-order valence-corrected chi connectivity index (χ2v) is 29.5. The van der Waals surface area contributed by atoms with Gasteiger partial charge in [-0.25, -0.2) is 14.4 Å². The maximum atomic E-state index is 14.8. The maximum absolute atomic E-state index is 14.8. The minimum absolute atomic E-state index is 0.00959. The molecule has 92 heavy (non-hydrogen) atoms. The molecule has 14 nitrogen and oxygen atoms in total. The molecule has 0 aromatic heterocycles. The van der Waals surface area contributed by atoms with Gasteiger partial charge in [0.25, 0.3) is 8.32 Å². The predicted molar refractivity (Wildman–Crippen MR) is 356 cm³/mol. The summed E-state index contributed by atoms with van der Waals surface area (Å²) < 4.78 is 63.9. The molecule has 16 heteroatoms. The van der Waals surface area contributed by atoms with Gasteiger partial charge in [-0.3, -0.25) is 4.79 Å².